The standard InChI is InChI=1S/C18H28O4/c1-2-3-7-11-15-14(13-16(19)18(15)22)10-8-5-4-6-9-12-17(20)21/h3,7,16,19H,2,4-6,8-13H2,1H3,(H,20,21)/b7-3-. The van der Waals surface area contributed by atoms with Crippen molar-refractivity contribution in [1.29, 1.82) is 0 Å². The van der Waals surface area contributed by atoms with Gasteiger partial charge in [-0.25, -0.2) is 0 Å². The van der Waals surface area contributed by atoms with Crippen molar-refractivity contribution in [2.45, 2.75) is 77.2 Å². The second-order valence-electron chi connectivity index (χ2n) is 5.91. The van der Waals surface area contributed by atoms with Crippen molar-refractivity contribution in [1.82, 2.24) is 0 Å². The van der Waals surface area contributed by atoms with E-state index in [1.54, 1.807) is 0 Å². The zero-order chi connectivity index (χ0) is 16.4. The number of carboxylic acid groups (broad SMARTS) is 1. The summed E-state index contributed by atoms with van der Waals surface area (Å²) in [7, 11) is 0. The minimum atomic E-state index is -0.837. The van der Waals surface area contributed by atoms with Gasteiger partial charge in [0, 0.05) is 18.4 Å². The van der Waals surface area contributed by atoms with Crippen LogP contribution in [0.5, 0.6) is 0 Å². The Labute approximate surface area is 132 Å². The molecule has 0 amide bonds. The molecule has 0 fully saturated rings. The fourth-order valence-corrected chi connectivity index (χ4v) is 2.84. The molecule has 1 aliphatic rings. The van der Waals surface area contributed by atoms with E-state index in [0.29, 0.717) is 12.8 Å². The number of carbonyl (C=O) groups excluding carboxylic acids is 1. The fourth-order valence-electron chi connectivity index (χ4n) is 2.84. The van der Waals surface area contributed by atoms with Gasteiger partial charge in [0.05, 0.1) is 0 Å². The zero-order valence-electron chi connectivity index (χ0n) is 13.5. The van der Waals surface area contributed by atoms with Gasteiger partial charge in [0.1, 0.15) is 6.10 Å². The monoisotopic (exact) mass is 308 g/mol. The maximum atomic E-state index is 12.0. The number of hydrogen-bond acceptors (Lipinski definition) is 3. The molecule has 0 saturated heterocycles. The Morgan fingerprint density at radius 3 is 2.55 bits per heavy atom. The van der Waals surface area contributed by atoms with E-state index < -0.39 is 12.1 Å². The van der Waals surface area contributed by atoms with Gasteiger partial charge >= 0.3 is 5.97 Å². The van der Waals surface area contributed by atoms with Crippen molar-refractivity contribution >= 4 is 11.8 Å². The molecule has 2 N–H and O–H groups in total. The molecule has 0 aromatic heterocycles. The number of aliphatic hydroxyl groups is 1. The van der Waals surface area contributed by atoms with E-state index in [0.717, 1.165) is 56.1 Å². The van der Waals surface area contributed by atoms with E-state index in [2.05, 4.69) is 6.92 Å². The molecule has 0 aromatic rings. The molecule has 0 saturated carbocycles. The molecular weight excluding hydrogens is 280 g/mol. The van der Waals surface area contributed by atoms with E-state index in [4.69, 9.17) is 5.11 Å². The molecule has 0 radical (unpaired) electrons. The highest BCUT2D eigenvalue weighted by molar-refractivity contribution is 6.02. The molecule has 0 aromatic carbocycles. The number of allylic oxidation sites excluding steroid dienone is 2. The van der Waals surface area contributed by atoms with E-state index in [9.17, 15) is 14.7 Å². The minimum Gasteiger partial charge on any atom is -0.481 e. The van der Waals surface area contributed by atoms with Gasteiger partial charge in [-0.15, -0.1) is 0 Å². The third-order valence-electron chi connectivity index (χ3n) is 4.06. The number of unbranched alkanes of at least 4 members (excludes halogenated alkanes) is 4. The first kappa shape index (κ1) is 18.6. The predicted octanol–water partition coefficient (Wildman–Crippen LogP) is 3.79. The average molecular weight is 308 g/mol. The van der Waals surface area contributed by atoms with Gasteiger partial charge in [0.25, 0.3) is 0 Å². The number of carbonyl (C=O) groups is 2. The Bertz CT molecular complexity index is 434. The summed E-state index contributed by atoms with van der Waals surface area (Å²) in [6.45, 7) is 2.06. The van der Waals surface area contributed by atoms with Gasteiger partial charge < -0.3 is 10.2 Å². The molecule has 1 rings (SSSR count). The number of Topliss-reactive ketones (excluding diaryl/α,β-unsaturated/α-hetero) is 1. The van der Waals surface area contributed by atoms with Crippen molar-refractivity contribution in [2.75, 3.05) is 0 Å². The first-order valence-corrected chi connectivity index (χ1v) is 8.36. The SMILES string of the molecule is CC/C=C\CC1=C(CCCCCCCC(=O)O)CC(O)C1=O. The lowest BCUT2D eigenvalue weighted by molar-refractivity contribution is -0.137. The normalized spacial score (nSPS) is 18.6. The lowest BCUT2D eigenvalue weighted by Gasteiger charge is -2.05. The molecule has 4 nitrogen and oxygen atoms in total. The van der Waals surface area contributed by atoms with Crippen LogP contribution in [0.15, 0.2) is 23.3 Å². The third kappa shape index (κ3) is 6.56. The van der Waals surface area contributed by atoms with Crippen LogP contribution in [0.25, 0.3) is 0 Å². The Balaban J connectivity index is 2.32. The number of aliphatic hydroxyl groups excluding tert-OH is 1. The van der Waals surface area contributed by atoms with Gasteiger partial charge in [0.15, 0.2) is 5.78 Å². The number of rotatable bonds is 11. The van der Waals surface area contributed by atoms with Crippen LogP contribution >= 0.6 is 0 Å². The summed E-state index contributed by atoms with van der Waals surface area (Å²) >= 11 is 0. The third-order valence-corrected chi connectivity index (χ3v) is 4.06. The van der Waals surface area contributed by atoms with Crippen molar-refractivity contribution in [3.63, 3.8) is 0 Å². The van der Waals surface area contributed by atoms with E-state index in [-0.39, 0.29) is 12.2 Å². The zero-order valence-corrected chi connectivity index (χ0v) is 13.5. The molecule has 0 bridgehead atoms. The largest absolute Gasteiger partial charge is 0.481 e. The highest BCUT2D eigenvalue weighted by atomic mass is 16.4. The number of carboxylic acids is 1. The minimum absolute atomic E-state index is 0.0998. The van der Waals surface area contributed by atoms with Crippen LogP contribution in [0.4, 0.5) is 0 Å². The molecule has 124 valence electrons. The topological polar surface area (TPSA) is 74.6 Å². The summed E-state index contributed by atoms with van der Waals surface area (Å²) in [5.74, 6) is -0.828. The molecule has 0 spiro atoms. The van der Waals surface area contributed by atoms with Crippen molar-refractivity contribution in [3.8, 4) is 0 Å². The Hall–Kier alpha value is -1.42. The maximum absolute atomic E-state index is 12.0. The smallest absolute Gasteiger partial charge is 0.303 e. The fraction of sp³-hybridized carbons (Fsp3) is 0.667. The van der Waals surface area contributed by atoms with Crippen LogP contribution in [0.1, 0.15) is 71.1 Å². The number of aliphatic carboxylic acids is 1. The summed E-state index contributed by atoms with van der Waals surface area (Å²) in [6, 6.07) is 0. The quantitative estimate of drug-likeness (QED) is 0.450. The van der Waals surface area contributed by atoms with Crippen molar-refractivity contribution < 1.29 is 19.8 Å². The first-order chi connectivity index (χ1) is 10.6. The van der Waals surface area contributed by atoms with Gasteiger partial charge in [-0.05, 0) is 32.1 Å². The Morgan fingerprint density at radius 1 is 1.18 bits per heavy atom. The molecule has 1 atom stereocenters. The lowest BCUT2D eigenvalue weighted by atomic mass is 10.0. The van der Waals surface area contributed by atoms with Crippen LogP contribution in [-0.2, 0) is 9.59 Å². The second kappa shape index (κ2) is 10.3. The number of ketones is 1. The van der Waals surface area contributed by atoms with E-state index in [1.165, 1.54) is 0 Å². The van der Waals surface area contributed by atoms with Crippen LogP contribution < -0.4 is 0 Å². The molecule has 0 aliphatic heterocycles. The van der Waals surface area contributed by atoms with Crippen LogP contribution in [-0.4, -0.2) is 28.1 Å². The Morgan fingerprint density at radius 2 is 1.86 bits per heavy atom. The highest BCUT2D eigenvalue weighted by Crippen LogP contribution is 2.30. The summed E-state index contributed by atoms with van der Waals surface area (Å²) in [4.78, 5) is 22.4. The molecule has 1 unspecified atom stereocenters. The van der Waals surface area contributed by atoms with Crippen LogP contribution in [0.3, 0.4) is 0 Å². The van der Waals surface area contributed by atoms with Crippen molar-refractivity contribution in [3.05, 3.63) is 23.3 Å². The predicted molar refractivity (Wildman–Crippen MR) is 86.7 cm³/mol. The average Bonchev–Trinajstić information content (AvgIpc) is 2.74. The highest BCUT2D eigenvalue weighted by Gasteiger charge is 2.29. The molecule has 1 aliphatic carbocycles. The summed E-state index contributed by atoms with van der Waals surface area (Å²) in [6.07, 6.45) is 11.2. The Kier molecular flexibility index (Phi) is 8.75. The van der Waals surface area contributed by atoms with Gasteiger partial charge in [-0.3, -0.25) is 9.59 Å². The summed E-state index contributed by atoms with van der Waals surface area (Å²) in [5.41, 5.74) is 1.92. The van der Waals surface area contributed by atoms with Gasteiger partial charge in [-0.2, -0.15) is 0 Å². The first-order valence-electron chi connectivity index (χ1n) is 8.36. The second-order valence-corrected chi connectivity index (χ2v) is 5.91. The maximum Gasteiger partial charge on any atom is 0.303 e. The molecule has 22 heavy (non-hydrogen) atoms. The summed E-state index contributed by atoms with van der Waals surface area (Å²) < 4.78 is 0. The molecule has 0 heterocycles. The molecular formula is C18H28O4. The number of hydrogen-bond donors (Lipinski definition) is 2. The van der Waals surface area contributed by atoms with Gasteiger partial charge in [0.2, 0.25) is 0 Å². The van der Waals surface area contributed by atoms with Crippen LogP contribution in [0, 0.1) is 0 Å². The summed E-state index contributed by atoms with van der Waals surface area (Å²) in [5, 5.41) is 18.3. The molecule has 4 heteroatoms. The van der Waals surface area contributed by atoms with Crippen molar-refractivity contribution in [2.24, 2.45) is 0 Å². The van der Waals surface area contributed by atoms with E-state index >= 15 is 0 Å². The van der Waals surface area contributed by atoms with E-state index in [1.807, 2.05) is 12.2 Å². The lowest BCUT2D eigenvalue weighted by Crippen LogP contribution is -2.14. The van der Waals surface area contributed by atoms with Gasteiger partial charge in [-0.1, -0.05) is 43.9 Å². The van der Waals surface area contributed by atoms with Crippen LogP contribution in [0.2, 0.25) is 0 Å².